The number of benzene rings is 1. The topological polar surface area (TPSA) is 93.5 Å². The Balaban J connectivity index is 2.56. The van der Waals surface area contributed by atoms with Crippen molar-refractivity contribution in [2.45, 2.75) is 6.92 Å². The van der Waals surface area contributed by atoms with Crippen molar-refractivity contribution in [3.63, 3.8) is 0 Å². The average Bonchev–Trinajstić information content (AvgIpc) is 2.38. The number of hydrogen-bond donors (Lipinski definition) is 3. The Morgan fingerprint density at radius 3 is 2.67 bits per heavy atom. The maximum atomic E-state index is 11.6. The average molecular weight is 251 g/mol. The molecule has 1 rings (SSSR count). The number of carbonyl (C=O) groups excluding carboxylic acids is 2. The smallest absolute Gasteiger partial charge is 0.243 e. The number of para-hydroxylation sites is 2. The van der Waals surface area contributed by atoms with E-state index in [1.165, 1.54) is 0 Å². The van der Waals surface area contributed by atoms with Gasteiger partial charge in [0.1, 0.15) is 5.75 Å². The van der Waals surface area contributed by atoms with Gasteiger partial charge in [0.25, 0.3) is 0 Å². The Morgan fingerprint density at radius 2 is 2.00 bits per heavy atom. The van der Waals surface area contributed by atoms with E-state index in [9.17, 15) is 9.59 Å². The highest BCUT2D eigenvalue weighted by Gasteiger charge is 2.07. The second-order valence-electron chi connectivity index (χ2n) is 3.46. The molecule has 0 saturated heterocycles. The van der Waals surface area contributed by atoms with E-state index in [0.717, 1.165) is 0 Å². The van der Waals surface area contributed by atoms with Gasteiger partial charge in [-0.3, -0.25) is 9.59 Å². The summed E-state index contributed by atoms with van der Waals surface area (Å²) in [5.41, 5.74) is 5.69. The molecular formula is C12H17N3O3. The van der Waals surface area contributed by atoms with E-state index in [1.54, 1.807) is 18.2 Å². The van der Waals surface area contributed by atoms with Crippen molar-refractivity contribution in [1.29, 1.82) is 0 Å². The van der Waals surface area contributed by atoms with Crippen LogP contribution in [0.2, 0.25) is 0 Å². The summed E-state index contributed by atoms with van der Waals surface area (Å²) in [5.74, 6) is -0.106. The fourth-order valence-electron chi connectivity index (χ4n) is 1.30. The number of rotatable bonds is 6. The van der Waals surface area contributed by atoms with E-state index >= 15 is 0 Å². The summed E-state index contributed by atoms with van der Waals surface area (Å²) in [6.45, 7) is 2.12. The van der Waals surface area contributed by atoms with Crippen molar-refractivity contribution >= 4 is 17.5 Å². The monoisotopic (exact) mass is 251 g/mol. The standard InChI is InChI=1S/C12H17N3O3/c1-2-18-10-6-4-3-5-9(10)15-12(17)8-14-11(16)7-13/h3-6H,2,7-8,13H2,1H3,(H,14,16)(H,15,17). The predicted octanol–water partition coefficient (Wildman–Crippen LogP) is 0.0987. The molecule has 2 amide bonds. The first-order chi connectivity index (χ1) is 8.67. The molecule has 98 valence electrons. The van der Waals surface area contributed by atoms with Crippen molar-refractivity contribution in [2.75, 3.05) is 25.0 Å². The number of carbonyl (C=O) groups is 2. The van der Waals surface area contributed by atoms with Crippen molar-refractivity contribution < 1.29 is 14.3 Å². The van der Waals surface area contributed by atoms with Crippen LogP contribution in [0, 0.1) is 0 Å². The lowest BCUT2D eigenvalue weighted by molar-refractivity contribution is -0.123. The number of anilines is 1. The Hall–Kier alpha value is -2.08. The van der Waals surface area contributed by atoms with Crippen LogP contribution in [0.5, 0.6) is 5.75 Å². The van der Waals surface area contributed by atoms with Crippen LogP contribution >= 0.6 is 0 Å². The number of nitrogens with two attached hydrogens (primary N) is 1. The van der Waals surface area contributed by atoms with Gasteiger partial charge in [0.2, 0.25) is 11.8 Å². The third-order valence-electron chi connectivity index (χ3n) is 2.09. The molecule has 0 bridgehead atoms. The summed E-state index contributed by atoms with van der Waals surface area (Å²) >= 11 is 0. The van der Waals surface area contributed by atoms with Gasteiger partial charge < -0.3 is 21.1 Å². The Labute approximate surface area is 105 Å². The van der Waals surface area contributed by atoms with Crippen LogP contribution in [0.25, 0.3) is 0 Å². The summed E-state index contributed by atoms with van der Waals surface area (Å²) in [6.07, 6.45) is 0. The third-order valence-corrected chi connectivity index (χ3v) is 2.09. The molecule has 18 heavy (non-hydrogen) atoms. The third kappa shape index (κ3) is 4.42. The van der Waals surface area contributed by atoms with Crippen LogP contribution in [-0.4, -0.2) is 31.5 Å². The molecule has 1 aromatic rings. The molecule has 0 aliphatic rings. The molecule has 4 N–H and O–H groups in total. The zero-order chi connectivity index (χ0) is 13.4. The minimum atomic E-state index is -0.372. The molecular weight excluding hydrogens is 234 g/mol. The number of ether oxygens (including phenoxy) is 1. The molecule has 0 aliphatic heterocycles. The van der Waals surface area contributed by atoms with E-state index in [-0.39, 0.29) is 24.9 Å². The summed E-state index contributed by atoms with van der Waals surface area (Å²) in [7, 11) is 0. The molecule has 0 spiro atoms. The fraction of sp³-hybridized carbons (Fsp3) is 0.333. The summed E-state index contributed by atoms with van der Waals surface area (Å²) < 4.78 is 5.36. The van der Waals surface area contributed by atoms with Crippen LogP contribution in [0.4, 0.5) is 5.69 Å². The summed E-state index contributed by atoms with van der Waals surface area (Å²) in [4.78, 5) is 22.5. The highest BCUT2D eigenvalue weighted by molar-refractivity contribution is 5.95. The van der Waals surface area contributed by atoms with Crippen molar-refractivity contribution in [3.8, 4) is 5.75 Å². The number of hydrogen-bond acceptors (Lipinski definition) is 4. The molecule has 0 aliphatic carbocycles. The lowest BCUT2D eigenvalue weighted by Gasteiger charge is -2.11. The van der Waals surface area contributed by atoms with Gasteiger partial charge in [-0.05, 0) is 19.1 Å². The summed E-state index contributed by atoms with van der Waals surface area (Å²) in [5, 5.41) is 5.04. The Bertz CT molecular complexity index is 421. The van der Waals surface area contributed by atoms with Crippen LogP contribution in [-0.2, 0) is 9.59 Å². The van der Waals surface area contributed by atoms with E-state index in [4.69, 9.17) is 10.5 Å². The van der Waals surface area contributed by atoms with Crippen LogP contribution < -0.4 is 21.1 Å². The first-order valence-corrected chi connectivity index (χ1v) is 5.65. The van der Waals surface area contributed by atoms with E-state index in [0.29, 0.717) is 18.0 Å². The van der Waals surface area contributed by atoms with Gasteiger partial charge in [-0.15, -0.1) is 0 Å². The molecule has 0 saturated carbocycles. The second kappa shape index (κ2) is 7.29. The molecule has 0 aromatic heterocycles. The minimum absolute atomic E-state index is 0.115. The zero-order valence-electron chi connectivity index (χ0n) is 10.2. The van der Waals surface area contributed by atoms with Crippen molar-refractivity contribution in [2.24, 2.45) is 5.73 Å². The molecule has 0 fully saturated rings. The fourth-order valence-corrected chi connectivity index (χ4v) is 1.30. The van der Waals surface area contributed by atoms with Gasteiger partial charge in [0.05, 0.1) is 25.4 Å². The van der Waals surface area contributed by atoms with Crippen LogP contribution in [0.3, 0.4) is 0 Å². The quantitative estimate of drug-likeness (QED) is 0.668. The van der Waals surface area contributed by atoms with Gasteiger partial charge in [-0.25, -0.2) is 0 Å². The van der Waals surface area contributed by atoms with Gasteiger partial charge in [0, 0.05) is 0 Å². The van der Waals surface area contributed by atoms with Gasteiger partial charge in [0.15, 0.2) is 0 Å². The highest BCUT2D eigenvalue weighted by Crippen LogP contribution is 2.23. The normalized spacial score (nSPS) is 9.67. The molecule has 0 heterocycles. The van der Waals surface area contributed by atoms with Crippen LogP contribution in [0.15, 0.2) is 24.3 Å². The number of nitrogens with one attached hydrogen (secondary N) is 2. The Morgan fingerprint density at radius 1 is 1.28 bits per heavy atom. The highest BCUT2D eigenvalue weighted by atomic mass is 16.5. The van der Waals surface area contributed by atoms with Crippen molar-refractivity contribution in [1.82, 2.24) is 5.32 Å². The molecule has 6 nitrogen and oxygen atoms in total. The lowest BCUT2D eigenvalue weighted by atomic mass is 10.3. The van der Waals surface area contributed by atoms with Crippen molar-refractivity contribution in [3.05, 3.63) is 24.3 Å². The largest absolute Gasteiger partial charge is 0.492 e. The zero-order valence-corrected chi connectivity index (χ0v) is 10.2. The van der Waals surface area contributed by atoms with E-state index in [2.05, 4.69) is 10.6 Å². The molecule has 6 heteroatoms. The Kier molecular flexibility index (Phi) is 5.66. The second-order valence-corrected chi connectivity index (χ2v) is 3.46. The lowest BCUT2D eigenvalue weighted by Crippen LogP contribution is -2.36. The minimum Gasteiger partial charge on any atom is -0.492 e. The van der Waals surface area contributed by atoms with Gasteiger partial charge >= 0.3 is 0 Å². The SMILES string of the molecule is CCOc1ccccc1NC(=O)CNC(=O)CN. The molecule has 0 radical (unpaired) electrons. The molecule has 1 aromatic carbocycles. The first-order valence-electron chi connectivity index (χ1n) is 5.65. The van der Waals surface area contributed by atoms with Crippen LogP contribution in [0.1, 0.15) is 6.92 Å². The summed E-state index contributed by atoms with van der Waals surface area (Å²) in [6, 6.07) is 7.10. The maximum absolute atomic E-state index is 11.6. The van der Waals surface area contributed by atoms with E-state index < -0.39 is 0 Å². The first kappa shape index (κ1) is 14.0. The van der Waals surface area contributed by atoms with Gasteiger partial charge in [-0.2, -0.15) is 0 Å². The molecule has 0 unspecified atom stereocenters. The number of amides is 2. The maximum Gasteiger partial charge on any atom is 0.243 e. The van der Waals surface area contributed by atoms with Gasteiger partial charge in [-0.1, -0.05) is 12.1 Å². The van der Waals surface area contributed by atoms with E-state index in [1.807, 2.05) is 13.0 Å². The predicted molar refractivity (Wildman–Crippen MR) is 68.3 cm³/mol. The molecule has 0 atom stereocenters.